The average molecular weight is 454 g/mol. The Labute approximate surface area is 177 Å². The molecular weight excluding hydrogens is 434 g/mol. The number of rotatable bonds is 7. The molecule has 0 aliphatic heterocycles. The van der Waals surface area contributed by atoms with Crippen LogP contribution < -0.4 is 10.2 Å². The summed E-state index contributed by atoms with van der Waals surface area (Å²) < 4.78 is 7.06. The van der Waals surface area contributed by atoms with Gasteiger partial charge in [-0.3, -0.25) is 15.5 Å². The Hall–Kier alpha value is -3.19. The minimum absolute atomic E-state index is 0.0458. The van der Waals surface area contributed by atoms with Crippen molar-refractivity contribution in [1.29, 1.82) is 0 Å². The number of nitrogens with zero attached hydrogens (tertiary/aromatic N) is 2. The number of nitro benzene ring substituents is 1. The Morgan fingerprint density at radius 2 is 1.69 bits per heavy atom. The second kappa shape index (κ2) is 9.34. The zero-order valence-corrected chi connectivity index (χ0v) is 17.6. The zero-order chi connectivity index (χ0) is 20.8. The molecule has 0 aliphatic carbocycles. The van der Waals surface area contributed by atoms with Crippen molar-refractivity contribution in [2.45, 2.75) is 20.5 Å². The summed E-state index contributed by atoms with van der Waals surface area (Å²) >= 11 is 3.43. The topological polar surface area (TPSA) is 76.8 Å². The summed E-state index contributed by atoms with van der Waals surface area (Å²) in [5.74, 6) is 0.869. The molecule has 0 atom stereocenters. The van der Waals surface area contributed by atoms with Gasteiger partial charge in [-0.05, 0) is 72.5 Å². The lowest BCUT2D eigenvalue weighted by molar-refractivity contribution is -0.384. The van der Waals surface area contributed by atoms with Crippen LogP contribution in [-0.4, -0.2) is 11.1 Å². The van der Waals surface area contributed by atoms with Crippen molar-refractivity contribution in [1.82, 2.24) is 0 Å². The minimum Gasteiger partial charge on any atom is -0.488 e. The van der Waals surface area contributed by atoms with Crippen molar-refractivity contribution in [3.63, 3.8) is 0 Å². The molecule has 0 heterocycles. The Morgan fingerprint density at radius 3 is 2.28 bits per heavy atom. The highest BCUT2D eigenvalue weighted by molar-refractivity contribution is 9.10. The van der Waals surface area contributed by atoms with Crippen LogP contribution in [0.1, 0.15) is 22.3 Å². The molecule has 0 unspecified atom stereocenters. The second-order valence-corrected chi connectivity index (χ2v) is 7.49. The summed E-state index contributed by atoms with van der Waals surface area (Å²) in [7, 11) is 0. The monoisotopic (exact) mass is 453 g/mol. The molecular formula is C22H20BrN3O3. The fourth-order valence-corrected chi connectivity index (χ4v) is 3.13. The Bertz CT molecular complexity index is 1010. The van der Waals surface area contributed by atoms with Crippen LogP contribution in [0.25, 0.3) is 0 Å². The molecule has 0 aliphatic rings. The van der Waals surface area contributed by atoms with Crippen molar-refractivity contribution in [3.8, 4) is 5.75 Å². The third-order valence-corrected chi connectivity index (χ3v) is 4.79. The van der Waals surface area contributed by atoms with Crippen LogP contribution in [0.15, 0.2) is 70.2 Å². The largest absolute Gasteiger partial charge is 0.488 e. The third kappa shape index (κ3) is 5.65. The molecule has 3 aromatic carbocycles. The summed E-state index contributed by atoms with van der Waals surface area (Å²) in [4.78, 5) is 10.3. The maximum absolute atomic E-state index is 10.7. The first-order valence-corrected chi connectivity index (χ1v) is 9.74. The first kappa shape index (κ1) is 20.5. The van der Waals surface area contributed by atoms with E-state index in [9.17, 15) is 10.1 Å². The molecule has 1 N–H and O–H groups in total. The van der Waals surface area contributed by atoms with Crippen LogP contribution in [-0.2, 0) is 6.61 Å². The first-order chi connectivity index (χ1) is 13.9. The van der Waals surface area contributed by atoms with E-state index in [0.717, 1.165) is 32.5 Å². The number of hydrazone groups is 1. The molecule has 0 saturated carbocycles. The average Bonchev–Trinajstić information content (AvgIpc) is 2.69. The predicted octanol–water partition coefficient (Wildman–Crippen LogP) is 6.00. The molecule has 6 nitrogen and oxygen atoms in total. The van der Waals surface area contributed by atoms with Crippen LogP contribution in [0.4, 0.5) is 11.4 Å². The normalized spacial score (nSPS) is 10.9. The van der Waals surface area contributed by atoms with Gasteiger partial charge in [0.1, 0.15) is 12.4 Å². The lowest BCUT2D eigenvalue weighted by Gasteiger charge is -2.13. The Balaban J connectivity index is 1.64. The Kier molecular flexibility index (Phi) is 6.61. The van der Waals surface area contributed by atoms with Crippen molar-refractivity contribution in [3.05, 3.63) is 97.5 Å². The molecule has 0 saturated heterocycles. The number of hydrogen-bond donors (Lipinski definition) is 1. The lowest BCUT2D eigenvalue weighted by Crippen LogP contribution is -2.00. The molecule has 0 spiro atoms. The Morgan fingerprint density at radius 1 is 1.07 bits per heavy atom. The van der Waals surface area contributed by atoms with E-state index < -0.39 is 4.92 Å². The SMILES string of the molecule is Cc1cc(/C=N/Nc2ccc([N+](=O)[O-])cc2)cc(C)c1OCc1ccc(Br)cc1. The summed E-state index contributed by atoms with van der Waals surface area (Å²) in [5.41, 5.74) is 7.69. The van der Waals surface area contributed by atoms with Gasteiger partial charge in [0, 0.05) is 16.6 Å². The molecule has 0 fully saturated rings. The molecule has 0 amide bonds. The summed E-state index contributed by atoms with van der Waals surface area (Å²) in [5, 5.41) is 14.9. The number of non-ortho nitro benzene ring substituents is 1. The van der Waals surface area contributed by atoms with E-state index in [1.165, 1.54) is 12.1 Å². The molecule has 29 heavy (non-hydrogen) atoms. The van der Waals surface area contributed by atoms with E-state index in [0.29, 0.717) is 12.3 Å². The quantitative estimate of drug-likeness (QED) is 0.270. The fourth-order valence-electron chi connectivity index (χ4n) is 2.86. The van der Waals surface area contributed by atoms with Gasteiger partial charge in [-0.2, -0.15) is 5.10 Å². The molecule has 148 valence electrons. The van der Waals surface area contributed by atoms with Crippen LogP contribution in [0.2, 0.25) is 0 Å². The van der Waals surface area contributed by atoms with Gasteiger partial charge in [0.25, 0.3) is 5.69 Å². The van der Waals surface area contributed by atoms with E-state index >= 15 is 0 Å². The van der Waals surface area contributed by atoms with Gasteiger partial charge in [0.2, 0.25) is 0 Å². The lowest BCUT2D eigenvalue weighted by atomic mass is 10.1. The van der Waals surface area contributed by atoms with E-state index in [4.69, 9.17) is 4.74 Å². The molecule has 3 rings (SSSR count). The number of aryl methyl sites for hydroxylation is 2. The number of nitro groups is 1. The fraction of sp³-hybridized carbons (Fsp3) is 0.136. The van der Waals surface area contributed by atoms with E-state index in [1.54, 1.807) is 18.3 Å². The first-order valence-electron chi connectivity index (χ1n) is 8.94. The summed E-state index contributed by atoms with van der Waals surface area (Å²) in [6.45, 7) is 4.51. The number of benzene rings is 3. The molecule has 7 heteroatoms. The van der Waals surface area contributed by atoms with E-state index in [2.05, 4.69) is 26.5 Å². The van der Waals surface area contributed by atoms with Gasteiger partial charge in [0.15, 0.2) is 0 Å². The standard InChI is InChI=1S/C22H20BrN3O3/c1-15-11-18(13-24-25-20-7-9-21(10-8-20)26(27)28)12-16(2)22(15)29-14-17-3-5-19(23)6-4-17/h3-13,25H,14H2,1-2H3/b24-13+. The number of anilines is 1. The summed E-state index contributed by atoms with van der Waals surface area (Å²) in [6, 6.07) is 18.2. The van der Waals surface area contributed by atoms with Crippen LogP contribution in [0, 0.1) is 24.0 Å². The van der Waals surface area contributed by atoms with Gasteiger partial charge in [-0.15, -0.1) is 0 Å². The van der Waals surface area contributed by atoms with Crippen molar-refractivity contribution >= 4 is 33.5 Å². The van der Waals surface area contributed by atoms with Crippen molar-refractivity contribution in [2.24, 2.45) is 5.10 Å². The van der Waals surface area contributed by atoms with Crippen molar-refractivity contribution < 1.29 is 9.66 Å². The highest BCUT2D eigenvalue weighted by atomic mass is 79.9. The predicted molar refractivity (Wildman–Crippen MR) is 119 cm³/mol. The van der Waals surface area contributed by atoms with E-state index in [-0.39, 0.29) is 5.69 Å². The third-order valence-electron chi connectivity index (χ3n) is 4.26. The molecule has 0 aromatic heterocycles. The van der Waals surface area contributed by atoms with Gasteiger partial charge < -0.3 is 4.74 Å². The number of nitrogens with one attached hydrogen (secondary N) is 1. The van der Waals surface area contributed by atoms with Crippen molar-refractivity contribution in [2.75, 3.05) is 5.43 Å². The van der Waals surface area contributed by atoms with Gasteiger partial charge >= 0.3 is 0 Å². The molecule has 0 radical (unpaired) electrons. The van der Waals surface area contributed by atoms with Gasteiger partial charge in [-0.1, -0.05) is 28.1 Å². The minimum atomic E-state index is -0.432. The number of halogens is 1. The van der Waals surface area contributed by atoms with Crippen LogP contribution in [0.5, 0.6) is 5.75 Å². The number of hydrogen-bond acceptors (Lipinski definition) is 5. The maximum Gasteiger partial charge on any atom is 0.269 e. The molecule has 3 aromatic rings. The van der Waals surface area contributed by atoms with Crippen LogP contribution in [0.3, 0.4) is 0 Å². The number of ether oxygens (including phenoxy) is 1. The second-order valence-electron chi connectivity index (χ2n) is 6.57. The van der Waals surface area contributed by atoms with Gasteiger partial charge in [0.05, 0.1) is 16.8 Å². The zero-order valence-electron chi connectivity index (χ0n) is 16.1. The van der Waals surface area contributed by atoms with Crippen LogP contribution >= 0.6 is 15.9 Å². The molecule has 0 bridgehead atoms. The van der Waals surface area contributed by atoms with Gasteiger partial charge in [-0.25, -0.2) is 0 Å². The maximum atomic E-state index is 10.7. The smallest absolute Gasteiger partial charge is 0.269 e. The highest BCUT2D eigenvalue weighted by Gasteiger charge is 2.07. The summed E-state index contributed by atoms with van der Waals surface area (Å²) in [6.07, 6.45) is 1.71. The highest BCUT2D eigenvalue weighted by Crippen LogP contribution is 2.25. The van der Waals surface area contributed by atoms with E-state index in [1.807, 2.05) is 50.2 Å².